The summed E-state index contributed by atoms with van der Waals surface area (Å²) in [6.45, 7) is 0. The molecule has 24 heavy (non-hydrogen) atoms. The van der Waals surface area contributed by atoms with Crippen LogP contribution in [0.25, 0.3) is 11.3 Å². The zero-order valence-corrected chi connectivity index (χ0v) is 13.3. The van der Waals surface area contributed by atoms with Crippen LogP contribution in [0.15, 0.2) is 60.0 Å². The van der Waals surface area contributed by atoms with Crippen molar-refractivity contribution in [2.24, 2.45) is 0 Å². The third-order valence-corrected chi connectivity index (χ3v) is 4.27. The number of anilines is 1. The molecule has 4 nitrogen and oxygen atoms in total. The second-order valence-electron chi connectivity index (χ2n) is 4.97. The normalized spacial score (nSPS) is 11.5. The molecule has 1 N–H and O–H groups in total. The van der Waals surface area contributed by atoms with Gasteiger partial charge in [0.15, 0.2) is 5.92 Å². The molecule has 0 spiro atoms. The van der Waals surface area contributed by atoms with E-state index in [9.17, 15) is 14.4 Å². The summed E-state index contributed by atoms with van der Waals surface area (Å²) < 4.78 is 13.6. The molecule has 3 rings (SSSR count). The van der Waals surface area contributed by atoms with Gasteiger partial charge in [0.25, 0.3) is 0 Å². The Labute approximate surface area is 142 Å². The Morgan fingerprint density at radius 1 is 1.17 bits per heavy atom. The first kappa shape index (κ1) is 15.8. The van der Waals surface area contributed by atoms with Gasteiger partial charge in [0, 0.05) is 10.9 Å². The topological polar surface area (TPSA) is 65.8 Å². The Balaban J connectivity index is 1.82. The number of rotatable bonds is 4. The molecule has 0 radical (unpaired) electrons. The van der Waals surface area contributed by atoms with Crippen molar-refractivity contribution >= 4 is 22.9 Å². The Morgan fingerprint density at radius 2 is 1.88 bits per heavy atom. The van der Waals surface area contributed by atoms with Crippen LogP contribution in [0.2, 0.25) is 0 Å². The maximum absolute atomic E-state index is 13.6. The molecule has 2 aromatic carbocycles. The number of para-hydroxylation sites is 1. The van der Waals surface area contributed by atoms with Crippen molar-refractivity contribution in [3.63, 3.8) is 0 Å². The lowest BCUT2D eigenvalue weighted by Crippen LogP contribution is -2.20. The van der Waals surface area contributed by atoms with E-state index in [4.69, 9.17) is 0 Å². The molecule has 1 atom stereocenters. The molecule has 0 fully saturated rings. The molecular weight excluding hydrogens is 325 g/mol. The van der Waals surface area contributed by atoms with Gasteiger partial charge in [-0.1, -0.05) is 42.5 Å². The molecule has 0 saturated heterocycles. The Kier molecular flexibility index (Phi) is 4.64. The largest absolute Gasteiger partial charge is 0.322 e. The number of hydrogen-bond acceptors (Lipinski definition) is 4. The van der Waals surface area contributed by atoms with Crippen LogP contribution in [0, 0.1) is 17.1 Å². The van der Waals surface area contributed by atoms with Crippen LogP contribution in [-0.2, 0) is 4.79 Å². The molecule has 0 unspecified atom stereocenters. The molecule has 0 aliphatic carbocycles. The van der Waals surface area contributed by atoms with Crippen molar-refractivity contribution in [3.8, 4) is 17.3 Å². The minimum Gasteiger partial charge on any atom is -0.322 e. The van der Waals surface area contributed by atoms with Crippen LogP contribution in [0.4, 0.5) is 10.1 Å². The summed E-state index contributed by atoms with van der Waals surface area (Å²) in [4.78, 5) is 16.7. The fourth-order valence-electron chi connectivity index (χ4n) is 2.16. The van der Waals surface area contributed by atoms with E-state index in [1.54, 1.807) is 11.4 Å². The molecule has 6 heteroatoms. The lowest BCUT2D eigenvalue weighted by molar-refractivity contribution is -0.116. The first-order valence-electron chi connectivity index (χ1n) is 7.15. The number of thiazole rings is 1. The summed E-state index contributed by atoms with van der Waals surface area (Å²) in [5, 5.41) is 14.0. The fourth-order valence-corrected chi connectivity index (χ4v) is 3.02. The summed E-state index contributed by atoms with van der Waals surface area (Å²) in [5.41, 5.74) is 1.66. The number of carbonyl (C=O) groups is 1. The highest BCUT2D eigenvalue weighted by Crippen LogP contribution is 2.27. The Morgan fingerprint density at radius 3 is 2.58 bits per heavy atom. The van der Waals surface area contributed by atoms with Crippen molar-refractivity contribution in [3.05, 3.63) is 70.8 Å². The number of benzene rings is 2. The average molecular weight is 337 g/mol. The van der Waals surface area contributed by atoms with Crippen LogP contribution in [0.1, 0.15) is 10.9 Å². The summed E-state index contributed by atoms with van der Waals surface area (Å²) in [6, 6.07) is 17.2. The molecule has 1 aromatic heterocycles. The van der Waals surface area contributed by atoms with E-state index < -0.39 is 17.6 Å². The van der Waals surface area contributed by atoms with Crippen LogP contribution in [-0.4, -0.2) is 10.9 Å². The van der Waals surface area contributed by atoms with Crippen molar-refractivity contribution in [1.82, 2.24) is 4.98 Å². The van der Waals surface area contributed by atoms with Gasteiger partial charge in [0.05, 0.1) is 17.5 Å². The van der Waals surface area contributed by atoms with Gasteiger partial charge in [0.1, 0.15) is 10.8 Å². The predicted octanol–water partition coefficient (Wildman–Crippen LogP) is 4.20. The minimum atomic E-state index is -1.09. The maximum Gasteiger partial charge on any atom is 0.248 e. The maximum atomic E-state index is 13.6. The molecule has 3 aromatic rings. The first-order valence-corrected chi connectivity index (χ1v) is 8.03. The number of nitriles is 1. The van der Waals surface area contributed by atoms with Gasteiger partial charge in [-0.15, -0.1) is 11.3 Å². The standard InChI is InChI=1S/C18H12FN3OS/c19-14-8-4-5-9-15(14)21-17(23)13(10-20)18-22-16(11-24-18)12-6-2-1-3-7-12/h1-9,11,13H,(H,21,23)/t13-/m0/s1. The molecule has 0 aliphatic heterocycles. The summed E-state index contributed by atoms with van der Waals surface area (Å²) in [5.74, 6) is -2.24. The van der Waals surface area contributed by atoms with Crippen LogP contribution >= 0.6 is 11.3 Å². The molecule has 1 amide bonds. The van der Waals surface area contributed by atoms with E-state index >= 15 is 0 Å². The molecule has 0 aliphatic rings. The average Bonchev–Trinajstić information content (AvgIpc) is 3.08. The number of amides is 1. The van der Waals surface area contributed by atoms with Crippen LogP contribution < -0.4 is 5.32 Å². The monoisotopic (exact) mass is 337 g/mol. The van der Waals surface area contributed by atoms with Crippen molar-refractivity contribution in [2.75, 3.05) is 5.32 Å². The van der Waals surface area contributed by atoms with Crippen molar-refractivity contribution in [1.29, 1.82) is 5.26 Å². The molecular formula is C18H12FN3OS. The van der Waals surface area contributed by atoms with Crippen LogP contribution in [0.5, 0.6) is 0 Å². The van der Waals surface area contributed by atoms with Gasteiger partial charge in [0.2, 0.25) is 5.91 Å². The number of halogens is 1. The lowest BCUT2D eigenvalue weighted by Gasteiger charge is -2.08. The van der Waals surface area contributed by atoms with Gasteiger partial charge in [-0.25, -0.2) is 9.37 Å². The molecule has 0 saturated carbocycles. The van der Waals surface area contributed by atoms with Gasteiger partial charge in [-0.2, -0.15) is 5.26 Å². The minimum absolute atomic E-state index is 0.0441. The Bertz CT molecular complexity index is 902. The van der Waals surface area contributed by atoms with E-state index in [1.165, 1.54) is 29.5 Å². The van der Waals surface area contributed by atoms with Crippen molar-refractivity contribution in [2.45, 2.75) is 5.92 Å². The van der Waals surface area contributed by atoms with E-state index in [1.807, 2.05) is 36.4 Å². The summed E-state index contributed by atoms with van der Waals surface area (Å²) >= 11 is 1.23. The van der Waals surface area contributed by atoms with Gasteiger partial charge in [-0.3, -0.25) is 4.79 Å². The van der Waals surface area contributed by atoms with E-state index in [-0.39, 0.29) is 5.69 Å². The zero-order valence-electron chi connectivity index (χ0n) is 12.4. The number of nitrogens with one attached hydrogen (secondary N) is 1. The third-order valence-electron chi connectivity index (χ3n) is 3.36. The highest BCUT2D eigenvalue weighted by molar-refractivity contribution is 7.10. The number of carbonyl (C=O) groups excluding carboxylic acids is 1. The van der Waals surface area contributed by atoms with Crippen molar-refractivity contribution < 1.29 is 9.18 Å². The predicted molar refractivity (Wildman–Crippen MR) is 90.9 cm³/mol. The van der Waals surface area contributed by atoms with Gasteiger partial charge < -0.3 is 5.32 Å². The quantitative estimate of drug-likeness (QED) is 0.776. The SMILES string of the molecule is N#C[C@@H](C(=O)Nc1ccccc1F)c1nc(-c2ccccc2)cs1. The number of nitrogens with zero attached hydrogens (tertiary/aromatic N) is 2. The van der Waals surface area contributed by atoms with E-state index in [0.29, 0.717) is 10.7 Å². The molecule has 1 heterocycles. The summed E-state index contributed by atoms with van der Waals surface area (Å²) in [7, 11) is 0. The van der Waals surface area contributed by atoms with Gasteiger partial charge in [-0.05, 0) is 12.1 Å². The van der Waals surface area contributed by atoms with E-state index in [0.717, 1.165) is 5.56 Å². The number of aromatic nitrogens is 1. The Hall–Kier alpha value is -3.04. The zero-order chi connectivity index (χ0) is 16.9. The van der Waals surface area contributed by atoms with Gasteiger partial charge >= 0.3 is 0 Å². The fraction of sp³-hybridized carbons (Fsp3) is 0.0556. The van der Waals surface area contributed by atoms with Crippen LogP contribution in [0.3, 0.4) is 0 Å². The van der Waals surface area contributed by atoms with E-state index in [2.05, 4.69) is 10.3 Å². The second kappa shape index (κ2) is 7.02. The lowest BCUT2D eigenvalue weighted by atomic mass is 10.1. The smallest absolute Gasteiger partial charge is 0.248 e. The molecule has 0 bridgehead atoms. The molecule has 118 valence electrons. The number of hydrogen-bond donors (Lipinski definition) is 1. The second-order valence-corrected chi connectivity index (χ2v) is 5.86. The first-order chi connectivity index (χ1) is 11.7. The highest BCUT2D eigenvalue weighted by Gasteiger charge is 2.24. The highest BCUT2D eigenvalue weighted by atomic mass is 32.1. The summed E-state index contributed by atoms with van der Waals surface area (Å²) in [6.07, 6.45) is 0. The third kappa shape index (κ3) is 3.31.